The number of aryl methyl sites for hydroxylation is 1. The number of aromatic nitrogens is 1. The third-order valence-corrected chi connectivity index (χ3v) is 2.01. The van der Waals surface area contributed by atoms with Crippen molar-refractivity contribution < 1.29 is 25.5 Å². The number of furan rings is 1. The topological polar surface area (TPSA) is 26.0 Å². The molecule has 0 bridgehead atoms. The third-order valence-electron chi connectivity index (χ3n) is 1.13. The zero-order valence-electron chi connectivity index (χ0n) is 5.23. The predicted molar refractivity (Wildman–Crippen MR) is 36.6 cm³/mol. The number of hydrogen-bond acceptors (Lipinski definition) is 3. The molecule has 4 heteroatoms. The van der Waals surface area contributed by atoms with Crippen LogP contribution in [0.3, 0.4) is 0 Å². The molecular formula is C6H5NOPtS. The van der Waals surface area contributed by atoms with Gasteiger partial charge in [0.05, 0.1) is 11.3 Å². The SMILES string of the molecule is Cc1nc2ccoc2s1.[Pt]. The molecule has 0 spiro atoms. The van der Waals surface area contributed by atoms with E-state index < -0.39 is 0 Å². The van der Waals surface area contributed by atoms with Crippen LogP contribution in [0, 0.1) is 6.92 Å². The fourth-order valence-electron chi connectivity index (χ4n) is 0.775. The van der Waals surface area contributed by atoms with Gasteiger partial charge in [0.2, 0.25) is 4.90 Å². The van der Waals surface area contributed by atoms with Crippen LogP contribution < -0.4 is 0 Å². The molecule has 2 nitrogen and oxygen atoms in total. The number of fused-ring (bicyclic) bond motifs is 1. The zero-order valence-corrected chi connectivity index (χ0v) is 8.32. The molecule has 10 heavy (non-hydrogen) atoms. The molecule has 0 saturated heterocycles. The maximum Gasteiger partial charge on any atom is 0.207 e. The smallest absolute Gasteiger partial charge is 0.207 e. The fourth-order valence-corrected chi connectivity index (χ4v) is 1.51. The first kappa shape index (κ1) is 7.96. The first-order valence-corrected chi connectivity index (χ1v) is 3.48. The van der Waals surface area contributed by atoms with Crippen LogP contribution in [0.1, 0.15) is 5.01 Å². The van der Waals surface area contributed by atoms with Gasteiger partial charge in [-0.3, -0.25) is 0 Å². The number of hydrogen-bond donors (Lipinski definition) is 0. The van der Waals surface area contributed by atoms with Crippen LogP contribution in [-0.4, -0.2) is 4.98 Å². The first-order valence-electron chi connectivity index (χ1n) is 2.67. The molecule has 2 heterocycles. The third kappa shape index (κ3) is 1.16. The summed E-state index contributed by atoms with van der Waals surface area (Å²) in [6.45, 7) is 1.97. The van der Waals surface area contributed by atoms with Crippen LogP contribution in [0.2, 0.25) is 0 Å². The Hall–Kier alpha value is -0.142. The van der Waals surface area contributed by atoms with Crippen molar-refractivity contribution in [2.75, 3.05) is 0 Å². The van der Waals surface area contributed by atoms with Crippen molar-refractivity contribution in [3.8, 4) is 0 Å². The first-order chi connectivity index (χ1) is 4.36. The van der Waals surface area contributed by atoms with E-state index in [2.05, 4.69) is 4.98 Å². The van der Waals surface area contributed by atoms with Gasteiger partial charge in [-0.05, 0) is 6.92 Å². The van der Waals surface area contributed by atoms with E-state index in [1.54, 1.807) is 17.6 Å². The van der Waals surface area contributed by atoms with Crippen molar-refractivity contribution in [2.24, 2.45) is 0 Å². The Balaban J connectivity index is 0.000000500. The summed E-state index contributed by atoms with van der Waals surface area (Å²) >= 11 is 1.58. The molecule has 2 aromatic heterocycles. The maximum absolute atomic E-state index is 5.09. The van der Waals surface area contributed by atoms with Crippen LogP contribution >= 0.6 is 11.3 Å². The number of rotatable bonds is 0. The van der Waals surface area contributed by atoms with Crippen LogP contribution in [0.5, 0.6) is 0 Å². The van der Waals surface area contributed by atoms with Crippen molar-refractivity contribution in [3.05, 3.63) is 17.3 Å². The molecule has 0 aromatic carbocycles. The minimum atomic E-state index is 0. The summed E-state index contributed by atoms with van der Waals surface area (Å²) < 4.78 is 5.09. The second kappa shape index (κ2) is 2.85. The summed E-state index contributed by atoms with van der Waals surface area (Å²) in [5, 5.41) is 1.06. The average Bonchev–Trinajstić information content (AvgIpc) is 2.22. The van der Waals surface area contributed by atoms with Gasteiger partial charge in [0.1, 0.15) is 5.52 Å². The van der Waals surface area contributed by atoms with E-state index in [0.717, 1.165) is 15.4 Å². The fraction of sp³-hybridized carbons (Fsp3) is 0.167. The van der Waals surface area contributed by atoms with Gasteiger partial charge in [-0.25, -0.2) is 4.98 Å². The van der Waals surface area contributed by atoms with Gasteiger partial charge in [-0.1, -0.05) is 11.3 Å². The van der Waals surface area contributed by atoms with Gasteiger partial charge in [0.25, 0.3) is 0 Å². The Kier molecular flexibility index (Phi) is 2.27. The largest absolute Gasteiger partial charge is 0.452 e. The summed E-state index contributed by atoms with van der Waals surface area (Å²) in [5.41, 5.74) is 0.970. The Bertz CT molecular complexity index is 298. The molecular weight excluding hydrogens is 329 g/mol. The van der Waals surface area contributed by atoms with Crippen molar-refractivity contribution >= 4 is 21.8 Å². The molecule has 0 aliphatic carbocycles. The molecule has 0 fully saturated rings. The molecule has 0 amide bonds. The Labute approximate surface area is 76.5 Å². The number of nitrogens with zero attached hydrogens (tertiary/aromatic N) is 1. The quantitative estimate of drug-likeness (QED) is 0.738. The van der Waals surface area contributed by atoms with Crippen LogP contribution in [-0.2, 0) is 21.1 Å². The zero-order chi connectivity index (χ0) is 6.27. The van der Waals surface area contributed by atoms with E-state index in [9.17, 15) is 0 Å². The predicted octanol–water partition coefficient (Wildman–Crippen LogP) is 2.20. The summed E-state index contributed by atoms with van der Waals surface area (Å²) in [7, 11) is 0. The minimum Gasteiger partial charge on any atom is -0.452 e. The van der Waals surface area contributed by atoms with Crippen molar-refractivity contribution in [1.29, 1.82) is 0 Å². The second-order valence-corrected chi connectivity index (χ2v) is 2.99. The monoisotopic (exact) mass is 334 g/mol. The second-order valence-electron chi connectivity index (χ2n) is 1.83. The maximum atomic E-state index is 5.09. The van der Waals surface area contributed by atoms with E-state index in [1.165, 1.54) is 0 Å². The Morgan fingerprint density at radius 2 is 2.40 bits per heavy atom. The van der Waals surface area contributed by atoms with Crippen molar-refractivity contribution in [2.45, 2.75) is 6.92 Å². The molecule has 0 aliphatic heterocycles. The minimum absolute atomic E-state index is 0. The molecule has 2 aromatic rings. The van der Waals surface area contributed by atoms with Crippen LogP contribution in [0.4, 0.5) is 0 Å². The molecule has 0 aliphatic rings. The molecule has 0 unspecified atom stereocenters. The molecule has 0 radical (unpaired) electrons. The van der Waals surface area contributed by atoms with Gasteiger partial charge >= 0.3 is 0 Å². The molecule has 0 atom stereocenters. The molecule has 56 valence electrons. The van der Waals surface area contributed by atoms with Gasteiger partial charge in [-0.15, -0.1) is 0 Å². The van der Waals surface area contributed by atoms with Gasteiger partial charge < -0.3 is 4.42 Å². The average molecular weight is 334 g/mol. The van der Waals surface area contributed by atoms with Gasteiger partial charge in [0, 0.05) is 27.1 Å². The van der Waals surface area contributed by atoms with Crippen LogP contribution in [0.15, 0.2) is 16.7 Å². The van der Waals surface area contributed by atoms with E-state index in [1.807, 2.05) is 13.0 Å². The van der Waals surface area contributed by atoms with E-state index >= 15 is 0 Å². The summed E-state index contributed by atoms with van der Waals surface area (Å²) in [5.74, 6) is 0. The van der Waals surface area contributed by atoms with E-state index in [-0.39, 0.29) is 21.1 Å². The molecule has 0 N–H and O–H groups in total. The molecule has 0 saturated carbocycles. The van der Waals surface area contributed by atoms with Gasteiger partial charge in [-0.2, -0.15) is 0 Å². The number of thiazole rings is 1. The molecule has 2 rings (SSSR count). The van der Waals surface area contributed by atoms with Gasteiger partial charge in [0.15, 0.2) is 0 Å². The standard InChI is InChI=1S/C6H5NOS.Pt/c1-4-7-5-2-3-8-6(5)9-4;/h2-3H,1H3;. The van der Waals surface area contributed by atoms with Crippen LogP contribution in [0.25, 0.3) is 10.4 Å². The summed E-state index contributed by atoms with van der Waals surface area (Å²) in [6.07, 6.45) is 1.66. The van der Waals surface area contributed by atoms with E-state index in [0.29, 0.717) is 0 Å². The summed E-state index contributed by atoms with van der Waals surface area (Å²) in [4.78, 5) is 5.12. The van der Waals surface area contributed by atoms with Crippen molar-refractivity contribution in [3.63, 3.8) is 0 Å². The van der Waals surface area contributed by atoms with Crippen molar-refractivity contribution in [1.82, 2.24) is 4.98 Å². The Morgan fingerprint density at radius 3 is 3.10 bits per heavy atom. The summed E-state index contributed by atoms with van der Waals surface area (Å²) in [6, 6.07) is 1.87. The Morgan fingerprint density at radius 1 is 1.60 bits per heavy atom. The van der Waals surface area contributed by atoms with E-state index in [4.69, 9.17) is 4.42 Å². The normalized spacial score (nSPS) is 9.70.